The summed E-state index contributed by atoms with van der Waals surface area (Å²) in [4.78, 5) is 24.0. The van der Waals surface area contributed by atoms with E-state index in [0.29, 0.717) is 44.4 Å². The van der Waals surface area contributed by atoms with E-state index in [1.807, 2.05) is 0 Å². The van der Waals surface area contributed by atoms with E-state index in [4.69, 9.17) is 23.2 Å². The van der Waals surface area contributed by atoms with E-state index in [-0.39, 0.29) is 24.7 Å². The summed E-state index contributed by atoms with van der Waals surface area (Å²) in [5.74, 6) is -0.707. The highest BCUT2D eigenvalue weighted by molar-refractivity contribution is 6.30. The van der Waals surface area contributed by atoms with Gasteiger partial charge in [0, 0.05) is 22.9 Å². The molecule has 0 saturated carbocycles. The zero-order valence-corrected chi connectivity index (χ0v) is 18.1. The number of unbranched alkanes of at least 4 members (excludes halogenated alkanes) is 5. The molecule has 0 spiro atoms. The summed E-state index contributed by atoms with van der Waals surface area (Å²) in [6, 6.07) is 12.8. The van der Waals surface area contributed by atoms with Crippen molar-refractivity contribution in [2.24, 2.45) is 0 Å². The van der Waals surface area contributed by atoms with Gasteiger partial charge in [-0.15, -0.1) is 0 Å². The van der Waals surface area contributed by atoms with Gasteiger partial charge in [-0.25, -0.2) is 0 Å². The first-order valence-electron chi connectivity index (χ1n) is 9.93. The molecule has 0 aliphatic heterocycles. The largest absolute Gasteiger partial charge is 0.281 e. The molecular formula is C22H26Cl2N2O4. The first-order chi connectivity index (χ1) is 14.4. The van der Waals surface area contributed by atoms with Crippen molar-refractivity contribution in [1.29, 1.82) is 0 Å². The molecule has 2 rings (SSSR count). The third-order valence-electron chi connectivity index (χ3n) is 4.65. The molecule has 0 fully saturated rings. The molecule has 30 heavy (non-hydrogen) atoms. The molecule has 0 atom stereocenters. The predicted octanol–water partition coefficient (Wildman–Crippen LogP) is 6.26. The van der Waals surface area contributed by atoms with E-state index in [1.165, 1.54) is 0 Å². The molecule has 0 radical (unpaired) electrons. The molecule has 0 aliphatic carbocycles. The third kappa shape index (κ3) is 7.95. The summed E-state index contributed by atoms with van der Waals surface area (Å²) < 4.78 is 0. The first-order valence-corrected chi connectivity index (χ1v) is 10.7. The Morgan fingerprint density at radius 3 is 1.23 bits per heavy atom. The maximum absolute atomic E-state index is 12.0. The van der Waals surface area contributed by atoms with Crippen LogP contribution in [0.5, 0.6) is 0 Å². The van der Waals surface area contributed by atoms with Crippen LogP contribution in [0.1, 0.15) is 51.4 Å². The van der Waals surface area contributed by atoms with E-state index < -0.39 is 0 Å². The van der Waals surface area contributed by atoms with Crippen LogP contribution >= 0.6 is 23.2 Å². The zero-order valence-electron chi connectivity index (χ0n) is 16.6. The zero-order chi connectivity index (χ0) is 21.9. The van der Waals surface area contributed by atoms with Crippen LogP contribution in [0, 0.1) is 0 Å². The van der Waals surface area contributed by atoms with Crippen molar-refractivity contribution in [1.82, 2.24) is 0 Å². The minimum Gasteiger partial charge on any atom is -0.281 e. The number of halogens is 2. The lowest BCUT2D eigenvalue weighted by Crippen LogP contribution is -2.26. The van der Waals surface area contributed by atoms with Crippen LogP contribution < -0.4 is 10.1 Å². The molecule has 2 N–H and O–H groups in total. The Labute approximate surface area is 186 Å². The van der Waals surface area contributed by atoms with Gasteiger partial charge in [-0.3, -0.25) is 20.0 Å². The van der Waals surface area contributed by atoms with Gasteiger partial charge in [0.1, 0.15) is 0 Å². The topological polar surface area (TPSA) is 81.1 Å². The van der Waals surface area contributed by atoms with Gasteiger partial charge in [-0.1, -0.05) is 48.9 Å². The van der Waals surface area contributed by atoms with Crippen LogP contribution in [0.3, 0.4) is 0 Å². The Balaban J connectivity index is 1.54. The molecule has 162 valence electrons. The van der Waals surface area contributed by atoms with Crippen molar-refractivity contribution in [3.8, 4) is 0 Å². The predicted molar refractivity (Wildman–Crippen MR) is 118 cm³/mol. The molecule has 0 aliphatic rings. The Morgan fingerprint density at radius 2 is 0.900 bits per heavy atom. The number of rotatable bonds is 11. The number of nitrogens with zero attached hydrogens (tertiary/aromatic N) is 2. The van der Waals surface area contributed by atoms with E-state index in [1.54, 1.807) is 48.5 Å². The minimum absolute atomic E-state index is 0.262. The van der Waals surface area contributed by atoms with Crippen molar-refractivity contribution in [2.75, 3.05) is 10.1 Å². The number of benzene rings is 2. The maximum atomic E-state index is 12.0. The van der Waals surface area contributed by atoms with Crippen LogP contribution in [-0.2, 0) is 9.59 Å². The molecule has 0 bridgehead atoms. The number of hydrogen-bond donors (Lipinski definition) is 2. The average Bonchev–Trinajstić information content (AvgIpc) is 2.75. The number of carbonyl (C=O) groups excluding carboxylic acids is 2. The van der Waals surface area contributed by atoms with Gasteiger partial charge < -0.3 is 0 Å². The van der Waals surface area contributed by atoms with Gasteiger partial charge in [0.05, 0.1) is 11.4 Å². The van der Waals surface area contributed by atoms with Gasteiger partial charge in [-0.2, -0.15) is 10.1 Å². The van der Waals surface area contributed by atoms with Gasteiger partial charge in [0.2, 0.25) is 0 Å². The molecule has 8 heteroatoms. The summed E-state index contributed by atoms with van der Waals surface area (Å²) in [6.45, 7) is 0. The summed E-state index contributed by atoms with van der Waals surface area (Å²) in [6.07, 6.45) is 5.50. The molecule has 2 amide bonds. The highest BCUT2D eigenvalue weighted by atomic mass is 35.5. The van der Waals surface area contributed by atoms with E-state index in [9.17, 15) is 20.0 Å². The standard InChI is InChI=1S/C22H26Cl2N2O4/c23-17-9-13-19(14-10-17)25(29)21(27)7-5-3-1-2-4-6-8-22(28)26(30)20-15-11-18(24)12-16-20/h9-16,29-30H,1-8H2. The highest BCUT2D eigenvalue weighted by Gasteiger charge is 2.14. The average molecular weight is 453 g/mol. The maximum Gasteiger partial charge on any atom is 0.250 e. The second-order valence-electron chi connectivity index (χ2n) is 6.99. The first kappa shape index (κ1) is 24.2. The van der Waals surface area contributed by atoms with Crippen LogP contribution in [-0.4, -0.2) is 22.2 Å². The lowest BCUT2D eigenvalue weighted by atomic mass is 10.1. The number of carbonyl (C=O) groups is 2. The van der Waals surface area contributed by atoms with E-state index in [0.717, 1.165) is 25.7 Å². The van der Waals surface area contributed by atoms with Crippen LogP contribution in [0.25, 0.3) is 0 Å². The van der Waals surface area contributed by atoms with Crippen molar-refractivity contribution < 1.29 is 20.0 Å². The fraction of sp³-hybridized carbons (Fsp3) is 0.364. The van der Waals surface area contributed by atoms with Crippen molar-refractivity contribution >= 4 is 46.4 Å². The van der Waals surface area contributed by atoms with E-state index >= 15 is 0 Å². The summed E-state index contributed by atoms with van der Waals surface area (Å²) >= 11 is 11.6. The van der Waals surface area contributed by atoms with Crippen molar-refractivity contribution in [2.45, 2.75) is 51.4 Å². The molecular weight excluding hydrogens is 427 g/mol. The fourth-order valence-corrected chi connectivity index (χ4v) is 3.18. The number of amides is 2. The Hall–Kier alpha value is -2.12. The van der Waals surface area contributed by atoms with Crippen LogP contribution in [0.2, 0.25) is 10.0 Å². The van der Waals surface area contributed by atoms with Crippen molar-refractivity contribution in [3.05, 3.63) is 58.6 Å². The smallest absolute Gasteiger partial charge is 0.250 e. The quantitative estimate of drug-likeness (QED) is 0.239. The van der Waals surface area contributed by atoms with Crippen molar-refractivity contribution in [3.63, 3.8) is 0 Å². The lowest BCUT2D eigenvalue weighted by Gasteiger charge is -2.15. The lowest BCUT2D eigenvalue weighted by molar-refractivity contribution is -0.124. The van der Waals surface area contributed by atoms with Gasteiger partial charge >= 0.3 is 0 Å². The van der Waals surface area contributed by atoms with Crippen LogP contribution in [0.15, 0.2) is 48.5 Å². The Bertz CT molecular complexity index is 743. The Morgan fingerprint density at radius 1 is 0.600 bits per heavy atom. The van der Waals surface area contributed by atoms with E-state index in [2.05, 4.69) is 0 Å². The number of hydrogen-bond acceptors (Lipinski definition) is 4. The Kier molecular flexibility index (Phi) is 10.1. The van der Waals surface area contributed by atoms with Crippen LogP contribution in [0.4, 0.5) is 11.4 Å². The highest BCUT2D eigenvalue weighted by Crippen LogP contribution is 2.19. The van der Waals surface area contributed by atoms with Gasteiger partial charge in [0.25, 0.3) is 11.8 Å². The van der Waals surface area contributed by atoms with Gasteiger partial charge in [0.15, 0.2) is 0 Å². The molecule has 0 aromatic heterocycles. The molecule has 2 aromatic rings. The monoisotopic (exact) mass is 452 g/mol. The minimum atomic E-state index is -0.354. The molecule has 2 aromatic carbocycles. The normalized spacial score (nSPS) is 10.7. The fourth-order valence-electron chi connectivity index (χ4n) is 2.92. The second kappa shape index (κ2) is 12.5. The number of hydroxylamine groups is 2. The molecule has 0 unspecified atom stereocenters. The summed E-state index contributed by atoms with van der Waals surface area (Å²) in [5.41, 5.74) is 0.788. The summed E-state index contributed by atoms with van der Waals surface area (Å²) in [7, 11) is 0. The molecule has 0 heterocycles. The third-order valence-corrected chi connectivity index (χ3v) is 5.15. The van der Waals surface area contributed by atoms with Gasteiger partial charge in [-0.05, 0) is 61.4 Å². The second-order valence-corrected chi connectivity index (χ2v) is 7.86. The summed E-state index contributed by atoms with van der Waals surface area (Å²) in [5, 5.41) is 22.2. The molecule has 0 saturated heterocycles. The number of anilines is 2. The molecule has 6 nitrogen and oxygen atoms in total. The SMILES string of the molecule is O=C(CCCCCCCCC(=O)N(O)c1ccc(Cl)cc1)N(O)c1ccc(Cl)cc1.